The highest BCUT2D eigenvalue weighted by atomic mass is 32.1. The predicted octanol–water partition coefficient (Wildman–Crippen LogP) is 3.51. The van der Waals surface area contributed by atoms with Crippen LogP contribution in [0.1, 0.15) is 17.5 Å². The monoisotopic (exact) mass is 320 g/mol. The Kier molecular flexibility index (Phi) is 4.31. The van der Waals surface area contributed by atoms with Gasteiger partial charge in [-0.3, -0.25) is 0 Å². The third kappa shape index (κ3) is 3.14. The summed E-state index contributed by atoms with van der Waals surface area (Å²) in [6.45, 7) is 5.43. The number of fused-ring (bicyclic) bond motifs is 1. The van der Waals surface area contributed by atoms with Crippen molar-refractivity contribution >= 4 is 38.8 Å². The van der Waals surface area contributed by atoms with E-state index in [2.05, 4.69) is 20.3 Å². The lowest BCUT2D eigenvalue weighted by Crippen LogP contribution is -2.06. The number of nitrogens with zero attached hydrogens (tertiary/aromatic N) is 3. The van der Waals surface area contributed by atoms with E-state index in [4.69, 9.17) is 4.74 Å². The number of aryl methyl sites for hydroxylation is 1. The fourth-order valence-corrected chi connectivity index (χ4v) is 3.50. The molecule has 0 bridgehead atoms. The molecule has 0 atom stereocenters. The zero-order chi connectivity index (χ0) is 14.7. The fraction of sp³-hybridized carbons (Fsp3) is 0.357. The molecule has 3 rings (SSSR count). The Hall–Kier alpha value is -1.73. The Morgan fingerprint density at radius 1 is 1.29 bits per heavy atom. The molecule has 0 radical (unpaired) electrons. The average Bonchev–Trinajstić information content (AvgIpc) is 3.08. The molecule has 0 aromatic carbocycles. The summed E-state index contributed by atoms with van der Waals surface area (Å²) in [6, 6.07) is 2.00. The van der Waals surface area contributed by atoms with Crippen molar-refractivity contribution in [1.82, 2.24) is 15.0 Å². The first-order chi connectivity index (χ1) is 10.3. The number of nitrogens with one attached hydrogen (secondary N) is 1. The molecule has 0 amide bonds. The van der Waals surface area contributed by atoms with Gasteiger partial charge >= 0.3 is 0 Å². The van der Waals surface area contributed by atoms with Crippen LogP contribution in [-0.4, -0.2) is 28.1 Å². The Bertz CT molecular complexity index is 737. The highest BCUT2D eigenvalue weighted by molar-refractivity contribution is 7.16. The lowest BCUT2D eigenvalue weighted by molar-refractivity contribution is 0.314. The summed E-state index contributed by atoms with van der Waals surface area (Å²) >= 11 is 3.26. The summed E-state index contributed by atoms with van der Waals surface area (Å²) in [5, 5.41) is 6.12. The number of hydrogen-bond acceptors (Lipinski definition) is 7. The van der Waals surface area contributed by atoms with Crippen molar-refractivity contribution in [3.05, 3.63) is 27.5 Å². The van der Waals surface area contributed by atoms with Crippen LogP contribution in [0.3, 0.4) is 0 Å². The zero-order valence-corrected chi connectivity index (χ0v) is 13.6. The van der Waals surface area contributed by atoms with Gasteiger partial charge in [0.1, 0.15) is 4.83 Å². The molecule has 5 nitrogen and oxygen atoms in total. The van der Waals surface area contributed by atoms with Crippen LogP contribution in [0.4, 0.5) is 5.95 Å². The summed E-state index contributed by atoms with van der Waals surface area (Å²) in [5.41, 5.74) is 2.95. The summed E-state index contributed by atoms with van der Waals surface area (Å²) < 4.78 is 5.89. The second-order valence-electron chi connectivity index (χ2n) is 4.48. The molecule has 0 aliphatic rings. The van der Waals surface area contributed by atoms with Gasteiger partial charge in [-0.1, -0.05) is 0 Å². The molecule has 0 aliphatic heterocycles. The standard InChI is InChI=1S/C14H16N4OS2/c1-3-15-14-17-12(10-5-7-20-13(10)18-14)19-6-4-11-9(2)16-8-21-11/h5,7-8H,3-4,6H2,1-2H3,(H,15,17,18). The molecule has 21 heavy (non-hydrogen) atoms. The van der Waals surface area contributed by atoms with E-state index in [0.29, 0.717) is 18.4 Å². The lowest BCUT2D eigenvalue weighted by Gasteiger charge is -2.08. The number of anilines is 1. The van der Waals surface area contributed by atoms with E-state index < -0.39 is 0 Å². The SMILES string of the molecule is CCNc1nc(OCCc2scnc2C)c2ccsc2n1. The van der Waals surface area contributed by atoms with Gasteiger partial charge in [0.05, 0.1) is 23.2 Å². The molecular weight excluding hydrogens is 304 g/mol. The van der Waals surface area contributed by atoms with Gasteiger partial charge in [-0.25, -0.2) is 9.97 Å². The van der Waals surface area contributed by atoms with Crippen LogP contribution in [0, 0.1) is 6.92 Å². The third-order valence-corrected chi connectivity index (χ3v) is 4.84. The number of ether oxygens (including phenoxy) is 1. The topological polar surface area (TPSA) is 59.9 Å². The maximum Gasteiger partial charge on any atom is 0.227 e. The summed E-state index contributed by atoms with van der Waals surface area (Å²) in [4.78, 5) is 15.4. The van der Waals surface area contributed by atoms with Crippen molar-refractivity contribution in [2.75, 3.05) is 18.5 Å². The second-order valence-corrected chi connectivity index (χ2v) is 6.32. The molecule has 1 N–H and O–H groups in total. The first-order valence-corrected chi connectivity index (χ1v) is 8.54. The van der Waals surface area contributed by atoms with Crippen LogP contribution in [-0.2, 0) is 6.42 Å². The van der Waals surface area contributed by atoms with Crippen LogP contribution in [0.5, 0.6) is 5.88 Å². The van der Waals surface area contributed by atoms with E-state index in [9.17, 15) is 0 Å². The Balaban J connectivity index is 1.76. The summed E-state index contributed by atoms with van der Waals surface area (Å²) in [5.74, 6) is 1.27. The van der Waals surface area contributed by atoms with Crippen molar-refractivity contribution in [2.45, 2.75) is 20.3 Å². The summed E-state index contributed by atoms with van der Waals surface area (Å²) in [7, 11) is 0. The van der Waals surface area contributed by atoms with Gasteiger partial charge in [0.15, 0.2) is 0 Å². The van der Waals surface area contributed by atoms with Crippen molar-refractivity contribution < 1.29 is 4.74 Å². The molecule has 110 valence electrons. The van der Waals surface area contributed by atoms with E-state index in [1.807, 2.05) is 30.8 Å². The number of thiazole rings is 1. The van der Waals surface area contributed by atoms with Gasteiger partial charge in [0.2, 0.25) is 11.8 Å². The number of aromatic nitrogens is 3. The highest BCUT2D eigenvalue weighted by Gasteiger charge is 2.10. The smallest absolute Gasteiger partial charge is 0.227 e. The fourth-order valence-electron chi connectivity index (χ4n) is 1.98. The van der Waals surface area contributed by atoms with E-state index in [1.54, 1.807) is 22.7 Å². The number of hydrogen-bond donors (Lipinski definition) is 1. The van der Waals surface area contributed by atoms with Crippen molar-refractivity contribution in [1.29, 1.82) is 0 Å². The molecule has 0 spiro atoms. The van der Waals surface area contributed by atoms with Crippen LogP contribution >= 0.6 is 22.7 Å². The van der Waals surface area contributed by atoms with Crippen molar-refractivity contribution in [3.8, 4) is 5.88 Å². The minimum atomic E-state index is 0.594. The number of rotatable bonds is 6. The molecule has 3 heterocycles. The zero-order valence-electron chi connectivity index (χ0n) is 11.9. The van der Waals surface area contributed by atoms with Crippen LogP contribution in [0.15, 0.2) is 17.0 Å². The van der Waals surface area contributed by atoms with Crippen molar-refractivity contribution in [2.24, 2.45) is 0 Å². The molecule has 0 unspecified atom stereocenters. The first-order valence-electron chi connectivity index (χ1n) is 6.78. The van der Waals surface area contributed by atoms with Gasteiger partial charge in [-0.2, -0.15) is 4.98 Å². The third-order valence-electron chi connectivity index (χ3n) is 3.04. The molecular formula is C14H16N4OS2. The normalized spacial score (nSPS) is 11.0. The Labute approximate surface area is 131 Å². The average molecular weight is 320 g/mol. The van der Waals surface area contributed by atoms with Crippen LogP contribution < -0.4 is 10.1 Å². The van der Waals surface area contributed by atoms with Gasteiger partial charge in [0.25, 0.3) is 0 Å². The minimum Gasteiger partial charge on any atom is -0.477 e. The van der Waals surface area contributed by atoms with Crippen LogP contribution in [0.2, 0.25) is 0 Å². The summed E-state index contributed by atoms with van der Waals surface area (Å²) in [6.07, 6.45) is 0.850. The molecule has 3 aromatic heterocycles. The molecule has 7 heteroatoms. The molecule has 0 fully saturated rings. The Morgan fingerprint density at radius 3 is 2.95 bits per heavy atom. The number of thiophene rings is 1. The first kappa shape index (κ1) is 14.2. The minimum absolute atomic E-state index is 0.594. The molecule has 0 saturated carbocycles. The maximum absolute atomic E-state index is 5.89. The van der Waals surface area contributed by atoms with E-state index in [1.165, 1.54) is 4.88 Å². The van der Waals surface area contributed by atoms with Crippen LogP contribution in [0.25, 0.3) is 10.2 Å². The lowest BCUT2D eigenvalue weighted by atomic mass is 10.3. The van der Waals surface area contributed by atoms with E-state index >= 15 is 0 Å². The van der Waals surface area contributed by atoms with E-state index in [-0.39, 0.29) is 0 Å². The largest absolute Gasteiger partial charge is 0.477 e. The highest BCUT2D eigenvalue weighted by Crippen LogP contribution is 2.28. The molecule has 0 saturated heterocycles. The quantitative estimate of drug-likeness (QED) is 0.753. The van der Waals surface area contributed by atoms with Gasteiger partial charge in [-0.05, 0) is 25.3 Å². The van der Waals surface area contributed by atoms with Gasteiger partial charge in [0, 0.05) is 17.8 Å². The van der Waals surface area contributed by atoms with E-state index in [0.717, 1.165) is 28.9 Å². The predicted molar refractivity (Wildman–Crippen MR) is 87.6 cm³/mol. The molecule has 0 aliphatic carbocycles. The maximum atomic E-state index is 5.89. The molecule has 3 aromatic rings. The van der Waals surface area contributed by atoms with Crippen molar-refractivity contribution in [3.63, 3.8) is 0 Å². The Morgan fingerprint density at radius 2 is 2.19 bits per heavy atom. The second kappa shape index (κ2) is 6.36. The van der Waals surface area contributed by atoms with Gasteiger partial charge in [-0.15, -0.1) is 22.7 Å². The van der Waals surface area contributed by atoms with Gasteiger partial charge < -0.3 is 10.1 Å².